The largest absolute Gasteiger partial charge is 0.490 e. The summed E-state index contributed by atoms with van der Waals surface area (Å²) in [5, 5.41) is 0. The van der Waals surface area contributed by atoms with Crippen molar-refractivity contribution in [3.05, 3.63) is 54.1 Å². The van der Waals surface area contributed by atoms with E-state index in [0.717, 1.165) is 12.2 Å². The summed E-state index contributed by atoms with van der Waals surface area (Å²) in [5.74, 6) is 0.970. The van der Waals surface area contributed by atoms with Crippen LogP contribution in [0.5, 0.6) is 5.75 Å². The van der Waals surface area contributed by atoms with Gasteiger partial charge < -0.3 is 10.5 Å². The summed E-state index contributed by atoms with van der Waals surface area (Å²) >= 11 is 0. The lowest BCUT2D eigenvalue weighted by Crippen LogP contribution is -2.08. The van der Waals surface area contributed by atoms with Gasteiger partial charge in [0.15, 0.2) is 0 Å². The van der Waals surface area contributed by atoms with Gasteiger partial charge in [-0.05, 0) is 54.2 Å². The average molecular weight is 267 g/mol. The maximum atomic E-state index is 6.11. The molecule has 0 saturated heterocycles. The van der Waals surface area contributed by atoms with Crippen LogP contribution in [0.4, 0.5) is 0 Å². The maximum Gasteiger partial charge on any atom is 0.119 e. The van der Waals surface area contributed by atoms with Crippen molar-refractivity contribution in [1.29, 1.82) is 0 Å². The molecule has 0 bridgehead atoms. The molecule has 1 fully saturated rings. The van der Waals surface area contributed by atoms with E-state index in [0.29, 0.717) is 6.10 Å². The molecule has 1 aliphatic rings. The SMILES string of the molecule is CCC(N)c1cccc(-c2ccc(OC3CC3)cc2)c1. The van der Waals surface area contributed by atoms with Gasteiger partial charge in [0.05, 0.1) is 6.10 Å². The van der Waals surface area contributed by atoms with Gasteiger partial charge in [-0.2, -0.15) is 0 Å². The van der Waals surface area contributed by atoms with Gasteiger partial charge in [-0.1, -0.05) is 37.3 Å². The topological polar surface area (TPSA) is 35.2 Å². The summed E-state index contributed by atoms with van der Waals surface area (Å²) in [6.07, 6.45) is 3.79. The Bertz CT molecular complexity index is 572. The van der Waals surface area contributed by atoms with Gasteiger partial charge in [0.2, 0.25) is 0 Å². The first-order valence-corrected chi connectivity index (χ1v) is 7.39. The van der Waals surface area contributed by atoms with Crippen molar-refractivity contribution in [3.63, 3.8) is 0 Å². The highest BCUT2D eigenvalue weighted by atomic mass is 16.5. The molecule has 0 spiro atoms. The van der Waals surface area contributed by atoms with Gasteiger partial charge >= 0.3 is 0 Å². The first-order valence-electron chi connectivity index (χ1n) is 7.39. The summed E-state index contributed by atoms with van der Waals surface area (Å²) in [5.41, 5.74) is 9.72. The molecule has 0 aromatic heterocycles. The van der Waals surface area contributed by atoms with Crippen molar-refractivity contribution < 1.29 is 4.74 Å². The second-order valence-electron chi connectivity index (χ2n) is 5.48. The minimum absolute atomic E-state index is 0.118. The van der Waals surface area contributed by atoms with Crippen LogP contribution >= 0.6 is 0 Å². The maximum absolute atomic E-state index is 6.11. The third kappa shape index (κ3) is 3.02. The summed E-state index contributed by atoms with van der Waals surface area (Å²) in [6, 6.07) is 17.0. The zero-order valence-electron chi connectivity index (χ0n) is 11.9. The van der Waals surface area contributed by atoms with Gasteiger partial charge in [0.25, 0.3) is 0 Å². The number of ether oxygens (including phenoxy) is 1. The highest BCUT2D eigenvalue weighted by molar-refractivity contribution is 5.65. The molecule has 1 unspecified atom stereocenters. The van der Waals surface area contributed by atoms with Crippen LogP contribution in [0.15, 0.2) is 48.5 Å². The molecule has 2 aromatic carbocycles. The van der Waals surface area contributed by atoms with Gasteiger partial charge in [-0.3, -0.25) is 0 Å². The Morgan fingerprint density at radius 3 is 2.50 bits per heavy atom. The predicted molar refractivity (Wildman–Crippen MR) is 82.7 cm³/mol. The Labute approximate surface area is 120 Å². The quantitative estimate of drug-likeness (QED) is 0.876. The molecular weight excluding hydrogens is 246 g/mol. The lowest BCUT2D eigenvalue weighted by atomic mass is 9.99. The Hall–Kier alpha value is -1.80. The molecule has 1 atom stereocenters. The molecule has 3 rings (SSSR count). The predicted octanol–water partition coefficient (Wildman–Crippen LogP) is 4.30. The van der Waals surface area contributed by atoms with Crippen LogP contribution in [0.2, 0.25) is 0 Å². The molecule has 0 heterocycles. The molecule has 20 heavy (non-hydrogen) atoms. The number of benzene rings is 2. The highest BCUT2D eigenvalue weighted by Gasteiger charge is 2.23. The van der Waals surface area contributed by atoms with E-state index in [1.54, 1.807) is 0 Å². The van der Waals surface area contributed by atoms with E-state index in [9.17, 15) is 0 Å². The molecule has 2 heteroatoms. The van der Waals surface area contributed by atoms with Crippen molar-refractivity contribution in [2.45, 2.75) is 38.3 Å². The monoisotopic (exact) mass is 267 g/mol. The highest BCUT2D eigenvalue weighted by Crippen LogP contribution is 2.29. The van der Waals surface area contributed by atoms with Gasteiger partial charge in [0, 0.05) is 6.04 Å². The zero-order chi connectivity index (χ0) is 13.9. The minimum atomic E-state index is 0.118. The van der Waals surface area contributed by atoms with E-state index in [4.69, 9.17) is 10.5 Å². The number of rotatable bonds is 5. The smallest absolute Gasteiger partial charge is 0.119 e. The molecule has 1 saturated carbocycles. The fraction of sp³-hybridized carbons (Fsp3) is 0.333. The van der Waals surface area contributed by atoms with Crippen molar-refractivity contribution in [1.82, 2.24) is 0 Å². The summed E-state index contributed by atoms with van der Waals surface area (Å²) in [6.45, 7) is 2.11. The Morgan fingerprint density at radius 2 is 1.85 bits per heavy atom. The first-order chi connectivity index (χ1) is 9.76. The molecule has 0 amide bonds. The van der Waals surface area contributed by atoms with Crippen LogP contribution in [-0.2, 0) is 0 Å². The zero-order valence-corrected chi connectivity index (χ0v) is 11.9. The van der Waals surface area contributed by atoms with Crippen molar-refractivity contribution >= 4 is 0 Å². The normalized spacial score (nSPS) is 15.9. The lowest BCUT2D eigenvalue weighted by molar-refractivity contribution is 0.303. The minimum Gasteiger partial charge on any atom is -0.490 e. The molecule has 2 nitrogen and oxygen atoms in total. The second kappa shape index (κ2) is 5.68. The molecule has 2 aromatic rings. The van der Waals surface area contributed by atoms with Crippen LogP contribution in [0.25, 0.3) is 11.1 Å². The second-order valence-corrected chi connectivity index (χ2v) is 5.48. The Balaban J connectivity index is 1.80. The van der Waals surface area contributed by atoms with Gasteiger partial charge in [-0.15, -0.1) is 0 Å². The van der Waals surface area contributed by atoms with Gasteiger partial charge in [0.1, 0.15) is 5.75 Å². The molecule has 104 valence electrons. The van der Waals surface area contributed by atoms with Crippen LogP contribution in [-0.4, -0.2) is 6.10 Å². The molecular formula is C18H21NO. The Kier molecular flexibility index (Phi) is 3.75. The van der Waals surface area contributed by atoms with E-state index in [1.165, 1.54) is 29.5 Å². The molecule has 0 radical (unpaired) electrons. The molecule has 1 aliphatic carbocycles. The summed E-state index contributed by atoms with van der Waals surface area (Å²) in [4.78, 5) is 0. The fourth-order valence-corrected chi connectivity index (χ4v) is 2.29. The van der Waals surface area contributed by atoms with E-state index < -0.39 is 0 Å². The van der Waals surface area contributed by atoms with Crippen LogP contribution in [0.3, 0.4) is 0 Å². The van der Waals surface area contributed by atoms with Crippen LogP contribution in [0.1, 0.15) is 37.8 Å². The fourth-order valence-electron chi connectivity index (χ4n) is 2.29. The van der Waals surface area contributed by atoms with Crippen molar-refractivity contribution in [2.75, 3.05) is 0 Å². The Morgan fingerprint density at radius 1 is 1.10 bits per heavy atom. The number of hydrogen-bond acceptors (Lipinski definition) is 2. The number of hydrogen-bond donors (Lipinski definition) is 1. The lowest BCUT2D eigenvalue weighted by Gasteiger charge is -2.11. The van der Waals surface area contributed by atoms with E-state index >= 15 is 0 Å². The van der Waals surface area contributed by atoms with Crippen LogP contribution < -0.4 is 10.5 Å². The average Bonchev–Trinajstić information content (AvgIpc) is 3.31. The van der Waals surface area contributed by atoms with Gasteiger partial charge in [-0.25, -0.2) is 0 Å². The standard InChI is InChI=1S/C18H21NO/c1-2-18(19)15-5-3-4-14(12-15)13-6-8-16(9-7-13)20-17-10-11-17/h3-9,12,17-18H,2,10-11,19H2,1H3. The summed E-state index contributed by atoms with van der Waals surface area (Å²) < 4.78 is 5.78. The van der Waals surface area contributed by atoms with E-state index in [2.05, 4.69) is 55.5 Å². The molecule has 2 N–H and O–H groups in total. The van der Waals surface area contributed by atoms with Crippen molar-refractivity contribution in [3.8, 4) is 16.9 Å². The van der Waals surface area contributed by atoms with E-state index in [-0.39, 0.29) is 6.04 Å². The first kappa shape index (κ1) is 13.2. The number of nitrogens with two attached hydrogens (primary N) is 1. The third-order valence-electron chi connectivity index (χ3n) is 3.77. The third-order valence-corrected chi connectivity index (χ3v) is 3.77. The molecule has 0 aliphatic heterocycles. The summed E-state index contributed by atoms with van der Waals surface area (Å²) in [7, 11) is 0. The van der Waals surface area contributed by atoms with Crippen LogP contribution in [0, 0.1) is 0 Å². The van der Waals surface area contributed by atoms with Crippen molar-refractivity contribution in [2.24, 2.45) is 5.73 Å². The van der Waals surface area contributed by atoms with E-state index in [1.807, 2.05) is 0 Å².